The molecule has 0 aliphatic carbocycles. The molecule has 9 heteroatoms. The Labute approximate surface area is 215 Å². The van der Waals surface area contributed by atoms with E-state index in [1.54, 1.807) is 12.1 Å². The van der Waals surface area contributed by atoms with Gasteiger partial charge in [0.1, 0.15) is 0 Å². The molecular formula is C27H39N3O5S. The van der Waals surface area contributed by atoms with Gasteiger partial charge in [-0.3, -0.25) is 14.5 Å². The van der Waals surface area contributed by atoms with Gasteiger partial charge in [0.15, 0.2) is 0 Å². The van der Waals surface area contributed by atoms with Gasteiger partial charge in [0.05, 0.1) is 37.8 Å². The van der Waals surface area contributed by atoms with E-state index in [1.807, 2.05) is 18.2 Å². The molecule has 0 bridgehead atoms. The number of benzene rings is 2. The number of hydrogen-bond donors (Lipinski definition) is 0. The van der Waals surface area contributed by atoms with Crippen molar-refractivity contribution >= 4 is 38.4 Å². The molecule has 0 fully saturated rings. The normalized spacial score (nSPS) is 14.1. The van der Waals surface area contributed by atoms with Gasteiger partial charge in [0, 0.05) is 59.4 Å². The van der Waals surface area contributed by atoms with Gasteiger partial charge in [-0.2, -0.15) is 0 Å². The lowest BCUT2D eigenvalue weighted by molar-refractivity contribution is -0.870. The number of quaternary nitrogens is 1. The summed E-state index contributed by atoms with van der Waals surface area (Å²) in [6.45, 7) is 4.47. The Kier molecular flexibility index (Phi) is 9.13. The standard InChI is InChI=1S/C27H39N3O5S/c1-5-6-7-8-16-28(17-11-20-36(33,34)35)24-15-14-23-25-21(24)12-9-13-22(25)26(31)29(27(23)32)18-10-19-30(2,3)4/h9,12-15H,5-8,10-11,16-20H2,1-4H3. The van der Waals surface area contributed by atoms with Crippen molar-refractivity contribution < 1.29 is 27.0 Å². The summed E-state index contributed by atoms with van der Waals surface area (Å²) in [5, 5.41) is 1.46. The SMILES string of the molecule is CCCCCCN(CCCS(=O)(=O)[O-])c1ccc2c3c(cccc13)C(=O)N(CCC[N+](C)(C)C)C2=O. The van der Waals surface area contributed by atoms with Crippen LogP contribution >= 0.6 is 0 Å². The Morgan fingerprint density at radius 2 is 1.56 bits per heavy atom. The smallest absolute Gasteiger partial charge is 0.261 e. The van der Waals surface area contributed by atoms with E-state index in [4.69, 9.17) is 0 Å². The molecule has 2 amide bonds. The Hall–Kier alpha value is -2.49. The molecule has 1 aliphatic rings. The summed E-state index contributed by atoms with van der Waals surface area (Å²) < 4.78 is 34.3. The lowest BCUT2D eigenvalue weighted by Crippen LogP contribution is -2.43. The maximum atomic E-state index is 13.4. The van der Waals surface area contributed by atoms with E-state index >= 15 is 0 Å². The minimum absolute atomic E-state index is 0.223. The first-order chi connectivity index (χ1) is 16.9. The molecule has 0 unspecified atom stereocenters. The van der Waals surface area contributed by atoms with Crippen LogP contribution in [0, 0.1) is 0 Å². The summed E-state index contributed by atoms with van der Waals surface area (Å²) in [4.78, 5) is 30.2. The first kappa shape index (κ1) is 28.1. The highest BCUT2D eigenvalue weighted by Crippen LogP contribution is 2.36. The number of unbranched alkanes of at least 4 members (excludes halogenated alkanes) is 3. The molecule has 198 valence electrons. The van der Waals surface area contributed by atoms with Crippen LogP contribution in [0.2, 0.25) is 0 Å². The third kappa shape index (κ3) is 7.05. The molecule has 1 heterocycles. The number of anilines is 1. The van der Waals surface area contributed by atoms with Crippen molar-refractivity contribution in [1.29, 1.82) is 0 Å². The summed E-state index contributed by atoms with van der Waals surface area (Å²) in [5.41, 5.74) is 1.89. The van der Waals surface area contributed by atoms with Crippen molar-refractivity contribution in [3.05, 3.63) is 41.5 Å². The third-order valence-electron chi connectivity index (χ3n) is 6.62. The van der Waals surface area contributed by atoms with Crippen molar-refractivity contribution in [2.24, 2.45) is 0 Å². The zero-order chi connectivity index (χ0) is 26.5. The highest BCUT2D eigenvalue weighted by Gasteiger charge is 2.33. The highest BCUT2D eigenvalue weighted by atomic mass is 32.2. The lowest BCUT2D eigenvalue weighted by Gasteiger charge is -2.31. The molecule has 2 aromatic carbocycles. The fourth-order valence-electron chi connectivity index (χ4n) is 4.83. The number of hydrogen-bond acceptors (Lipinski definition) is 6. The molecule has 0 N–H and O–H groups in total. The Bertz CT molecular complexity index is 1180. The van der Waals surface area contributed by atoms with Gasteiger partial charge in [0.25, 0.3) is 11.8 Å². The van der Waals surface area contributed by atoms with Crippen LogP contribution in [0.25, 0.3) is 10.8 Å². The predicted octanol–water partition coefficient (Wildman–Crippen LogP) is 3.85. The first-order valence-corrected chi connectivity index (χ1v) is 14.4. The molecular weight excluding hydrogens is 478 g/mol. The Morgan fingerprint density at radius 1 is 0.889 bits per heavy atom. The van der Waals surface area contributed by atoms with E-state index < -0.39 is 15.9 Å². The zero-order valence-corrected chi connectivity index (χ0v) is 22.8. The van der Waals surface area contributed by atoms with E-state index in [2.05, 4.69) is 33.0 Å². The second-order valence-electron chi connectivity index (χ2n) is 10.7. The molecule has 0 radical (unpaired) electrons. The van der Waals surface area contributed by atoms with Crippen LogP contribution in [0.1, 0.15) is 66.2 Å². The van der Waals surface area contributed by atoms with Gasteiger partial charge in [-0.25, -0.2) is 8.42 Å². The largest absolute Gasteiger partial charge is 0.748 e. The molecule has 36 heavy (non-hydrogen) atoms. The van der Waals surface area contributed by atoms with Crippen molar-refractivity contribution in [3.63, 3.8) is 0 Å². The molecule has 0 saturated heterocycles. The topological polar surface area (TPSA) is 97.8 Å². The minimum atomic E-state index is -4.29. The first-order valence-electron chi connectivity index (χ1n) is 12.8. The van der Waals surface area contributed by atoms with Gasteiger partial charge in [-0.1, -0.05) is 38.3 Å². The lowest BCUT2D eigenvalue weighted by atomic mass is 9.92. The minimum Gasteiger partial charge on any atom is -0.748 e. The molecule has 8 nitrogen and oxygen atoms in total. The van der Waals surface area contributed by atoms with E-state index in [9.17, 15) is 22.6 Å². The number of carbonyl (C=O) groups is 2. The molecule has 0 spiro atoms. The quantitative estimate of drug-likeness (QED) is 0.163. The monoisotopic (exact) mass is 517 g/mol. The van der Waals surface area contributed by atoms with Crippen molar-refractivity contribution in [3.8, 4) is 0 Å². The Balaban J connectivity index is 1.93. The van der Waals surface area contributed by atoms with Crippen LogP contribution in [-0.4, -0.2) is 87.2 Å². The fourth-order valence-corrected chi connectivity index (χ4v) is 5.31. The van der Waals surface area contributed by atoms with Crippen LogP contribution in [0.5, 0.6) is 0 Å². The summed E-state index contributed by atoms with van der Waals surface area (Å²) in [6, 6.07) is 9.19. The maximum Gasteiger partial charge on any atom is 0.261 e. The van der Waals surface area contributed by atoms with E-state index in [0.29, 0.717) is 36.1 Å². The highest BCUT2D eigenvalue weighted by molar-refractivity contribution is 7.85. The summed E-state index contributed by atoms with van der Waals surface area (Å²) in [7, 11) is 1.95. The molecule has 0 saturated carbocycles. The second-order valence-corrected chi connectivity index (χ2v) is 12.2. The summed E-state index contributed by atoms with van der Waals surface area (Å²) >= 11 is 0. The van der Waals surface area contributed by atoms with Crippen molar-refractivity contribution in [1.82, 2.24) is 4.90 Å². The number of imide groups is 1. The second kappa shape index (κ2) is 11.7. The predicted molar refractivity (Wildman–Crippen MR) is 142 cm³/mol. The Morgan fingerprint density at radius 3 is 2.19 bits per heavy atom. The van der Waals surface area contributed by atoms with Crippen LogP contribution in [0.3, 0.4) is 0 Å². The van der Waals surface area contributed by atoms with Gasteiger partial charge < -0.3 is 13.9 Å². The van der Waals surface area contributed by atoms with Crippen LogP contribution in [-0.2, 0) is 10.1 Å². The zero-order valence-electron chi connectivity index (χ0n) is 22.0. The van der Waals surface area contributed by atoms with Gasteiger partial charge >= 0.3 is 0 Å². The molecule has 0 atom stereocenters. The number of nitrogens with zero attached hydrogens (tertiary/aromatic N) is 3. The summed E-state index contributed by atoms with van der Waals surface area (Å²) in [5.74, 6) is -0.967. The average Bonchev–Trinajstić information content (AvgIpc) is 2.79. The van der Waals surface area contributed by atoms with Crippen molar-refractivity contribution in [2.75, 3.05) is 58.0 Å². The average molecular weight is 518 g/mol. The van der Waals surface area contributed by atoms with Gasteiger partial charge in [-0.15, -0.1) is 0 Å². The number of rotatable bonds is 14. The van der Waals surface area contributed by atoms with Crippen LogP contribution in [0.15, 0.2) is 30.3 Å². The number of amides is 2. The third-order valence-corrected chi connectivity index (χ3v) is 7.41. The van der Waals surface area contributed by atoms with Crippen LogP contribution in [0.4, 0.5) is 5.69 Å². The molecule has 0 aromatic heterocycles. The van der Waals surface area contributed by atoms with Crippen LogP contribution < -0.4 is 4.90 Å². The van der Waals surface area contributed by atoms with E-state index in [1.165, 1.54) is 4.90 Å². The summed E-state index contributed by atoms with van der Waals surface area (Å²) in [6.07, 6.45) is 5.13. The van der Waals surface area contributed by atoms with E-state index in [0.717, 1.165) is 54.2 Å². The fraction of sp³-hybridized carbons (Fsp3) is 0.556. The molecule has 2 aromatic rings. The van der Waals surface area contributed by atoms with E-state index in [-0.39, 0.29) is 18.2 Å². The maximum absolute atomic E-state index is 13.4. The van der Waals surface area contributed by atoms with Gasteiger partial charge in [0.2, 0.25) is 0 Å². The van der Waals surface area contributed by atoms with Gasteiger partial charge in [-0.05, 0) is 31.0 Å². The number of carbonyl (C=O) groups excluding carboxylic acids is 2. The molecule has 3 rings (SSSR count). The van der Waals surface area contributed by atoms with Crippen molar-refractivity contribution in [2.45, 2.75) is 45.4 Å². The molecule has 1 aliphatic heterocycles.